The molecule has 3 rings (SSSR count). The maximum atomic E-state index is 12.0. The minimum Gasteiger partial charge on any atom is -0.456 e. The largest absolute Gasteiger partial charge is 0.456 e. The highest BCUT2D eigenvalue weighted by molar-refractivity contribution is 5.89. The number of rotatable bonds is 0. The molecule has 0 aliphatic carbocycles. The van der Waals surface area contributed by atoms with Gasteiger partial charge in [-0.25, -0.2) is 0 Å². The smallest absolute Gasteiger partial charge is 0.200 e. The fourth-order valence-electron chi connectivity index (χ4n) is 1.69. The summed E-state index contributed by atoms with van der Waals surface area (Å²) in [5.41, 5.74) is 1.24. The van der Waals surface area contributed by atoms with Crippen LogP contribution in [0, 0.1) is 6.07 Å². The van der Waals surface area contributed by atoms with Crippen LogP contribution >= 0.6 is 0 Å². The van der Waals surface area contributed by atoms with E-state index in [4.69, 9.17) is 4.42 Å². The molecule has 0 spiro atoms. The van der Waals surface area contributed by atoms with E-state index in [9.17, 15) is 4.79 Å². The number of benzene rings is 2. The molecule has 0 saturated heterocycles. The summed E-state index contributed by atoms with van der Waals surface area (Å²) >= 11 is 0. The van der Waals surface area contributed by atoms with Gasteiger partial charge in [0, 0.05) is 0 Å². The second kappa shape index (κ2) is 2.95. The molecule has 0 atom stereocenters. The van der Waals surface area contributed by atoms with Crippen molar-refractivity contribution in [2.24, 2.45) is 0 Å². The maximum Gasteiger partial charge on any atom is 0.200 e. The van der Waals surface area contributed by atoms with Crippen molar-refractivity contribution in [3.05, 3.63) is 58.8 Å². The maximum absolute atomic E-state index is 12.0. The van der Waals surface area contributed by atoms with E-state index in [1.165, 1.54) is 0 Å². The van der Waals surface area contributed by atoms with E-state index in [-0.39, 0.29) is 5.43 Å². The summed E-state index contributed by atoms with van der Waals surface area (Å²) in [6.07, 6.45) is 0. The van der Waals surface area contributed by atoms with Crippen LogP contribution in [0.5, 0.6) is 0 Å². The molecule has 0 aliphatic heterocycles. The Labute approximate surface area is 85.8 Å². The van der Waals surface area contributed by atoms with E-state index in [1.54, 1.807) is 30.3 Å². The predicted molar refractivity (Wildman–Crippen MR) is 58.8 cm³/mol. The van der Waals surface area contributed by atoms with E-state index in [0.717, 1.165) is 0 Å². The summed E-state index contributed by atoms with van der Waals surface area (Å²) in [4.78, 5) is 12.0. The van der Waals surface area contributed by atoms with Gasteiger partial charge in [0.05, 0.1) is 10.8 Å². The highest BCUT2D eigenvalue weighted by Gasteiger charge is 2.05. The Kier molecular flexibility index (Phi) is 1.62. The van der Waals surface area contributed by atoms with E-state index >= 15 is 0 Å². The van der Waals surface area contributed by atoms with E-state index in [2.05, 4.69) is 6.07 Å². The van der Waals surface area contributed by atoms with Gasteiger partial charge in [0.1, 0.15) is 11.2 Å². The highest BCUT2D eigenvalue weighted by atomic mass is 16.3. The van der Waals surface area contributed by atoms with Crippen LogP contribution in [0.25, 0.3) is 21.9 Å². The van der Waals surface area contributed by atoms with Gasteiger partial charge in [0.15, 0.2) is 0 Å². The van der Waals surface area contributed by atoms with E-state index in [1.807, 2.05) is 12.1 Å². The van der Waals surface area contributed by atoms with Crippen molar-refractivity contribution in [3.63, 3.8) is 0 Å². The SMILES string of the molecule is O=c1c2c[c]ccc2oc2ccccc12. The van der Waals surface area contributed by atoms with Gasteiger partial charge in [-0.05, 0) is 30.3 Å². The fraction of sp³-hybridized carbons (Fsp3) is 0. The van der Waals surface area contributed by atoms with E-state index < -0.39 is 0 Å². The molecular weight excluding hydrogens is 188 g/mol. The molecule has 2 aromatic carbocycles. The van der Waals surface area contributed by atoms with E-state index in [0.29, 0.717) is 21.9 Å². The first-order valence-electron chi connectivity index (χ1n) is 4.68. The second-order valence-electron chi connectivity index (χ2n) is 3.35. The molecule has 0 aliphatic rings. The summed E-state index contributed by atoms with van der Waals surface area (Å²) in [6.45, 7) is 0. The molecule has 2 nitrogen and oxygen atoms in total. The first kappa shape index (κ1) is 8.24. The van der Waals surface area contributed by atoms with Crippen LogP contribution in [0.15, 0.2) is 51.7 Å². The van der Waals surface area contributed by atoms with Crippen molar-refractivity contribution in [1.82, 2.24) is 0 Å². The first-order chi connectivity index (χ1) is 7.36. The molecule has 0 amide bonds. The van der Waals surface area contributed by atoms with Gasteiger partial charge >= 0.3 is 0 Å². The monoisotopic (exact) mass is 195 g/mol. The molecule has 3 aromatic rings. The molecule has 1 aromatic heterocycles. The Hall–Kier alpha value is -2.09. The lowest BCUT2D eigenvalue weighted by Crippen LogP contribution is -2.01. The quantitative estimate of drug-likeness (QED) is 0.516. The molecule has 0 unspecified atom stereocenters. The Bertz CT molecular complexity index is 638. The van der Waals surface area contributed by atoms with Crippen LogP contribution in [-0.2, 0) is 0 Å². The predicted octanol–water partition coefficient (Wildman–Crippen LogP) is 2.75. The van der Waals surface area contributed by atoms with Crippen molar-refractivity contribution < 1.29 is 4.42 Å². The molecule has 15 heavy (non-hydrogen) atoms. The third kappa shape index (κ3) is 1.15. The zero-order valence-electron chi connectivity index (χ0n) is 7.86. The van der Waals surface area contributed by atoms with Crippen LogP contribution in [-0.4, -0.2) is 0 Å². The molecule has 2 heteroatoms. The van der Waals surface area contributed by atoms with Gasteiger partial charge in [-0.2, -0.15) is 0 Å². The van der Waals surface area contributed by atoms with Crippen molar-refractivity contribution >= 4 is 21.9 Å². The second-order valence-corrected chi connectivity index (χ2v) is 3.35. The van der Waals surface area contributed by atoms with Gasteiger partial charge in [0.2, 0.25) is 5.43 Å². The summed E-state index contributed by atoms with van der Waals surface area (Å²) in [6, 6.07) is 15.3. The molecule has 1 radical (unpaired) electrons. The molecule has 0 fully saturated rings. The highest BCUT2D eigenvalue weighted by Crippen LogP contribution is 2.17. The average Bonchev–Trinajstić information content (AvgIpc) is 2.30. The molecule has 0 bridgehead atoms. The average molecular weight is 195 g/mol. The van der Waals surface area contributed by atoms with Gasteiger partial charge in [0.25, 0.3) is 0 Å². The summed E-state index contributed by atoms with van der Waals surface area (Å²) < 4.78 is 5.61. The lowest BCUT2D eigenvalue weighted by atomic mass is 10.1. The lowest BCUT2D eigenvalue weighted by molar-refractivity contribution is 0.660. The van der Waals surface area contributed by atoms with Crippen molar-refractivity contribution in [2.45, 2.75) is 0 Å². The lowest BCUT2D eigenvalue weighted by Gasteiger charge is -1.99. The summed E-state index contributed by atoms with van der Waals surface area (Å²) in [5, 5.41) is 1.20. The molecule has 71 valence electrons. The molecular formula is C13H7O2. The van der Waals surface area contributed by atoms with Crippen molar-refractivity contribution in [3.8, 4) is 0 Å². The normalized spacial score (nSPS) is 10.9. The Morgan fingerprint density at radius 2 is 1.80 bits per heavy atom. The molecule has 0 N–H and O–H groups in total. The number of hydrogen-bond acceptors (Lipinski definition) is 2. The number of para-hydroxylation sites is 1. The van der Waals surface area contributed by atoms with Crippen molar-refractivity contribution in [1.29, 1.82) is 0 Å². The zero-order valence-corrected chi connectivity index (χ0v) is 7.86. The summed E-state index contributed by atoms with van der Waals surface area (Å²) in [7, 11) is 0. The molecule has 0 saturated carbocycles. The van der Waals surface area contributed by atoms with Crippen LogP contribution < -0.4 is 5.43 Å². The topological polar surface area (TPSA) is 30.2 Å². The Morgan fingerprint density at radius 3 is 2.73 bits per heavy atom. The van der Waals surface area contributed by atoms with Crippen LogP contribution in [0.4, 0.5) is 0 Å². The number of fused-ring (bicyclic) bond motifs is 2. The van der Waals surface area contributed by atoms with Crippen LogP contribution in [0.2, 0.25) is 0 Å². The van der Waals surface area contributed by atoms with Gasteiger partial charge in [-0.15, -0.1) is 0 Å². The Balaban J connectivity index is 2.66. The van der Waals surface area contributed by atoms with Crippen molar-refractivity contribution in [2.75, 3.05) is 0 Å². The third-order valence-electron chi connectivity index (χ3n) is 2.42. The first-order valence-corrected chi connectivity index (χ1v) is 4.68. The van der Waals surface area contributed by atoms with Crippen LogP contribution in [0.3, 0.4) is 0 Å². The standard InChI is InChI=1S/C13H7O2/c14-13-9-5-1-3-7-11(9)15-12-8-4-2-6-10(12)13/h1,3-8H. The zero-order chi connectivity index (χ0) is 10.3. The minimum atomic E-state index is 0.00343. The van der Waals surface area contributed by atoms with Gasteiger partial charge in [-0.3, -0.25) is 4.79 Å². The minimum absolute atomic E-state index is 0.00343. The van der Waals surface area contributed by atoms with Gasteiger partial charge in [-0.1, -0.05) is 18.2 Å². The van der Waals surface area contributed by atoms with Crippen LogP contribution in [0.1, 0.15) is 0 Å². The Morgan fingerprint density at radius 1 is 1.00 bits per heavy atom. The fourth-order valence-corrected chi connectivity index (χ4v) is 1.69. The molecule has 1 heterocycles. The summed E-state index contributed by atoms with van der Waals surface area (Å²) in [5.74, 6) is 0. The number of hydrogen-bond donors (Lipinski definition) is 0. The third-order valence-corrected chi connectivity index (χ3v) is 2.42. The van der Waals surface area contributed by atoms with Gasteiger partial charge < -0.3 is 4.42 Å².